The molecule has 2 amide bonds. The maximum absolute atomic E-state index is 13.3. The molecule has 1 aromatic rings. The van der Waals surface area contributed by atoms with Crippen molar-refractivity contribution in [1.82, 2.24) is 20.2 Å². The lowest BCUT2D eigenvalue weighted by Crippen LogP contribution is -2.54. The Balaban J connectivity index is 1.53. The van der Waals surface area contributed by atoms with E-state index in [1.165, 1.54) is 12.4 Å². The monoisotopic (exact) mass is 594 g/mol. The Bertz CT molecular complexity index is 1170. The molecule has 0 saturated carbocycles. The lowest BCUT2D eigenvalue weighted by molar-refractivity contribution is -0.136. The quantitative estimate of drug-likeness (QED) is 0.338. The highest BCUT2D eigenvalue weighted by Gasteiger charge is 2.52. The first kappa shape index (κ1) is 33.3. The van der Waals surface area contributed by atoms with Crippen molar-refractivity contribution in [3.05, 3.63) is 12.4 Å². The van der Waals surface area contributed by atoms with Gasteiger partial charge < -0.3 is 24.3 Å². The highest BCUT2D eigenvalue weighted by molar-refractivity contribution is 7.91. The van der Waals surface area contributed by atoms with Crippen LogP contribution in [0.2, 0.25) is 0 Å². The van der Waals surface area contributed by atoms with E-state index in [4.69, 9.17) is 14.0 Å². The van der Waals surface area contributed by atoms with Crippen LogP contribution in [0.1, 0.15) is 88.0 Å². The summed E-state index contributed by atoms with van der Waals surface area (Å²) in [7, 11) is -4.34. The van der Waals surface area contributed by atoms with E-state index in [2.05, 4.69) is 15.3 Å². The van der Waals surface area contributed by atoms with Gasteiger partial charge in [-0.1, -0.05) is 13.8 Å². The predicted molar refractivity (Wildman–Crippen MR) is 156 cm³/mol. The van der Waals surface area contributed by atoms with Crippen molar-refractivity contribution in [3.8, 4) is 0 Å². The molecule has 1 N–H and O–H groups in total. The molecule has 11 nitrogen and oxygen atoms in total. The van der Waals surface area contributed by atoms with Crippen molar-refractivity contribution in [3.63, 3.8) is 0 Å². The summed E-state index contributed by atoms with van der Waals surface area (Å²) >= 11 is 0. The molecule has 0 spiro atoms. The van der Waals surface area contributed by atoms with Gasteiger partial charge >= 0.3 is 13.2 Å². The van der Waals surface area contributed by atoms with Gasteiger partial charge in [-0.3, -0.25) is 4.79 Å². The van der Waals surface area contributed by atoms with E-state index in [-0.39, 0.29) is 28.7 Å². The molecular weight excluding hydrogens is 547 g/mol. The number of carbonyl (C=O) groups excluding carboxylic acids is 2. The SMILES string of the molecule is CC(C)C(NC(=O)OC(C)(C)C)C(=O)N1CCCC(CCCS(=O)(=O)c2ncc(B3OC(C)(C)C(C)(C)O3)cn2)C1. The fraction of sp³-hybridized carbons (Fsp3) is 0.786. The number of hydrogen-bond acceptors (Lipinski definition) is 9. The smallest absolute Gasteiger partial charge is 0.444 e. The van der Waals surface area contributed by atoms with Crippen LogP contribution in [0.3, 0.4) is 0 Å². The first-order chi connectivity index (χ1) is 18.8. The first-order valence-corrected chi connectivity index (χ1v) is 16.2. The van der Waals surface area contributed by atoms with Crippen LogP contribution in [-0.2, 0) is 28.7 Å². The van der Waals surface area contributed by atoms with Crippen molar-refractivity contribution in [2.24, 2.45) is 11.8 Å². The summed E-state index contributed by atoms with van der Waals surface area (Å²) in [6.45, 7) is 18.0. The zero-order chi connectivity index (χ0) is 30.8. The molecule has 41 heavy (non-hydrogen) atoms. The second-order valence-electron chi connectivity index (χ2n) is 13.5. The first-order valence-electron chi connectivity index (χ1n) is 14.5. The molecule has 0 bridgehead atoms. The number of aromatic nitrogens is 2. The van der Waals surface area contributed by atoms with Crippen molar-refractivity contribution in [2.45, 2.75) is 116 Å². The minimum absolute atomic E-state index is 0.0812. The molecule has 2 fully saturated rings. The van der Waals surface area contributed by atoms with E-state index < -0.39 is 45.9 Å². The van der Waals surface area contributed by atoms with Crippen LogP contribution in [0.5, 0.6) is 0 Å². The number of sulfone groups is 1. The summed E-state index contributed by atoms with van der Waals surface area (Å²) in [5.74, 6) is -0.165. The number of hydrogen-bond donors (Lipinski definition) is 1. The Kier molecular flexibility index (Phi) is 10.2. The third kappa shape index (κ3) is 8.64. The molecule has 0 aliphatic carbocycles. The standard InChI is InChI=1S/C28H47BN4O7S/c1-19(2)22(32-25(35)38-26(3,4)5)23(34)33-14-10-12-20(18-33)13-11-15-41(36,37)24-30-16-21(17-31-24)29-39-27(6,7)28(8,9)40-29/h16-17,19-20,22H,10-15,18H2,1-9H3,(H,32,35). The van der Waals surface area contributed by atoms with Crippen molar-refractivity contribution in [2.75, 3.05) is 18.8 Å². The third-order valence-corrected chi connectivity index (χ3v) is 9.51. The van der Waals surface area contributed by atoms with Gasteiger partial charge in [0, 0.05) is 30.9 Å². The summed E-state index contributed by atoms with van der Waals surface area (Å²) in [5.41, 5.74) is -1.14. The summed E-state index contributed by atoms with van der Waals surface area (Å²) < 4.78 is 43.2. The van der Waals surface area contributed by atoms with Crippen molar-refractivity contribution in [1.29, 1.82) is 0 Å². The number of carbonyl (C=O) groups is 2. The van der Waals surface area contributed by atoms with Crippen LogP contribution in [0, 0.1) is 11.8 Å². The van der Waals surface area contributed by atoms with Gasteiger partial charge in [0.1, 0.15) is 11.6 Å². The van der Waals surface area contributed by atoms with Crippen LogP contribution in [0.25, 0.3) is 0 Å². The molecule has 2 atom stereocenters. The van der Waals surface area contributed by atoms with Crippen LogP contribution in [0.15, 0.2) is 17.6 Å². The van der Waals surface area contributed by atoms with Crippen LogP contribution < -0.4 is 10.8 Å². The van der Waals surface area contributed by atoms with E-state index in [1.807, 2.05) is 41.5 Å². The number of nitrogens with one attached hydrogen (secondary N) is 1. The summed E-state index contributed by atoms with van der Waals surface area (Å²) in [6, 6.07) is -0.693. The van der Waals surface area contributed by atoms with Gasteiger partial charge in [-0.2, -0.15) is 0 Å². The molecule has 1 aromatic heterocycles. The minimum Gasteiger partial charge on any atom is -0.444 e. The normalized spacial score (nSPS) is 21.6. The average molecular weight is 595 g/mol. The highest BCUT2D eigenvalue weighted by Crippen LogP contribution is 2.36. The lowest BCUT2D eigenvalue weighted by Gasteiger charge is -2.36. The lowest BCUT2D eigenvalue weighted by atomic mass is 9.81. The Labute approximate surface area is 245 Å². The predicted octanol–water partition coefficient (Wildman–Crippen LogP) is 3.12. The van der Waals surface area contributed by atoms with Crippen LogP contribution >= 0.6 is 0 Å². The maximum atomic E-state index is 13.3. The van der Waals surface area contributed by atoms with E-state index in [9.17, 15) is 18.0 Å². The zero-order valence-electron chi connectivity index (χ0n) is 26.0. The van der Waals surface area contributed by atoms with Crippen molar-refractivity contribution < 1.29 is 32.1 Å². The molecule has 0 aromatic carbocycles. The Morgan fingerprint density at radius 2 is 1.73 bits per heavy atom. The average Bonchev–Trinajstić information content (AvgIpc) is 3.07. The fourth-order valence-electron chi connectivity index (χ4n) is 4.89. The molecule has 2 saturated heterocycles. The fourth-order valence-corrected chi connectivity index (χ4v) is 6.04. The van der Waals surface area contributed by atoms with Gasteiger partial charge in [-0.25, -0.2) is 23.2 Å². The molecule has 13 heteroatoms. The topological polar surface area (TPSA) is 137 Å². The minimum atomic E-state index is -3.68. The van der Waals surface area contributed by atoms with Gasteiger partial charge in [0.15, 0.2) is 0 Å². The van der Waals surface area contributed by atoms with E-state index in [1.54, 1.807) is 25.7 Å². The molecule has 3 heterocycles. The summed E-state index contributed by atoms with van der Waals surface area (Å²) in [6.07, 6.45) is 5.10. The van der Waals surface area contributed by atoms with Crippen LogP contribution in [-0.4, -0.2) is 84.1 Å². The van der Waals surface area contributed by atoms with Gasteiger partial charge in [0.2, 0.25) is 20.9 Å². The molecule has 0 radical (unpaired) electrons. The Hall–Kier alpha value is -2.25. The number of amides is 2. The van der Waals surface area contributed by atoms with Crippen molar-refractivity contribution >= 4 is 34.4 Å². The van der Waals surface area contributed by atoms with E-state index >= 15 is 0 Å². The number of rotatable bonds is 9. The van der Waals surface area contributed by atoms with Gasteiger partial charge in [0.05, 0.1) is 17.0 Å². The van der Waals surface area contributed by atoms with E-state index in [0.29, 0.717) is 31.4 Å². The van der Waals surface area contributed by atoms with Gasteiger partial charge in [-0.15, -0.1) is 0 Å². The molecule has 3 rings (SSSR count). The number of ether oxygens (including phenoxy) is 1. The molecule has 2 aliphatic rings. The summed E-state index contributed by atoms with van der Waals surface area (Å²) in [5, 5.41) is 2.52. The second-order valence-corrected chi connectivity index (χ2v) is 15.5. The second kappa shape index (κ2) is 12.5. The number of likely N-dealkylation sites (tertiary alicyclic amines) is 1. The number of piperidine rings is 1. The molecule has 2 unspecified atom stereocenters. The maximum Gasteiger partial charge on any atom is 0.498 e. The Morgan fingerprint density at radius 1 is 1.15 bits per heavy atom. The van der Waals surface area contributed by atoms with Gasteiger partial charge in [0.25, 0.3) is 0 Å². The van der Waals surface area contributed by atoms with E-state index in [0.717, 1.165) is 12.8 Å². The van der Waals surface area contributed by atoms with Crippen LogP contribution in [0.4, 0.5) is 4.79 Å². The largest absolute Gasteiger partial charge is 0.498 e. The Morgan fingerprint density at radius 3 is 2.27 bits per heavy atom. The zero-order valence-corrected chi connectivity index (χ0v) is 26.8. The highest BCUT2D eigenvalue weighted by atomic mass is 32.2. The summed E-state index contributed by atoms with van der Waals surface area (Å²) in [4.78, 5) is 35.7. The van der Waals surface area contributed by atoms with Gasteiger partial charge in [-0.05, 0) is 86.0 Å². The molecular formula is C28H47BN4O7S. The number of alkyl carbamates (subject to hydrolysis) is 1. The molecule has 230 valence electrons. The number of nitrogens with zero attached hydrogens (tertiary/aromatic N) is 3. The third-order valence-electron chi connectivity index (χ3n) is 7.91. The molecule has 2 aliphatic heterocycles.